The molecule has 0 rings (SSSR count). The van der Waals surface area contributed by atoms with Crippen LogP contribution in [0.4, 0.5) is 0 Å². The molecule has 1 N–H and O–H groups in total. The molecule has 2 atom stereocenters. The van der Waals surface area contributed by atoms with E-state index in [0.717, 1.165) is 30.8 Å². The Morgan fingerprint density at radius 3 is 1.79 bits per heavy atom. The van der Waals surface area contributed by atoms with Gasteiger partial charge in [-0.15, -0.1) is 0 Å². The van der Waals surface area contributed by atoms with Crippen molar-refractivity contribution in [1.29, 1.82) is 0 Å². The molecule has 0 saturated carbocycles. The summed E-state index contributed by atoms with van der Waals surface area (Å²) in [5, 5.41) is -2.22. The van der Waals surface area contributed by atoms with Crippen molar-refractivity contribution >= 4 is 15.2 Å². The molecule has 0 heterocycles. The summed E-state index contributed by atoms with van der Waals surface area (Å²) in [6, 6.07) is 0. The maximum atomic E-state index is 11.0. The second kappa shape index (κ2) is 20.2. The molecule has 154 valence electrons. The van der Waals surface area contributed by atoms with Gasteiger partial charge >= 0.3 is 88.7 Å². The number of hydrogen-bond acceptors (Lipinski definition) is 5. The summed E-state index contributed by atoms with van der Waals surface area (Å²) >= 11 is 0. The van der Waals surface area contributed by atoms with Crippen LogP contribution in [0.5, 0.6) is 0 Å². The summed E-state index contributed by atoms with van der Waals surface area (Å²) in [5.74, 6) is 0.728. The van der Waals surface area contributed by atoms with Crippen LogP contribution >= 0.6 is 15.2 Å². The predicted octanol–water partition coefficient (Wildman–Crippen LogP) is -5.55. The van der Waals surface area contributed by atoms with E-state index in [0.29, 0.717) is 6.42 Å². The second-order valence-electron chi connectivity index (χ2n) is 7.44. The van der Waals surface area contributed by atoms with Crippen LogP contribution in [-0.2, 0) is 9.13 Å². The van der Waals surface area contributed by atoms with Crippen molar-refractivity contribution in [2.24, 2.45) is 5.92 Å². The summed E-state index contributed by atoms with van der Waals surface area (Å²) in [7, 11) is -10.5. The van der Waals surface area contributed by atoms with E-state index < -0.39 is 20.6 Å². The molecule has 0 fully saturated rings. The van der Waals surface area contributed by atoms with E-state index in [1.54, 1.807) is 0 Å². The van der Waals surface area contributed by atoms with E-state index in [-0.39, 0.29) is 102 Å². The first kappa shape index (κ1) is 39.0. The van der Waals surface area contributed by atoms with Gasteiger partial charge < -0.3 is 28.7 Å². The van der Waals surface area contributed by atoms with Crippen LogP contribution in [0.3, 0.4) is 0 Å². The van der Waals surface area contributed by atoms with Crippen LogP contribution in [-0.4, -0.2) is 10.3 Å². The molecule has 0 aliphatic rings. The Balaban J connectivity index is -0.00000104. The minimum absolute atomic E-state index is 0. The van der Waals surface area contributed by atoms with Crippen molar-refractivity contribution in [3.05, 3.63) is 23.3 Å². The number of allylic oxidation sites excluding steroid dienone is 4. The van der Waals surface area contributed by atoms with Crippen LogP contribution in [0.15, 0.2) is 23.3 Å². The van der Waals surface area contributed by atoms with E-state index in [2.05, 4.69) is 26.8 Å². The minimum Gasteiger partial charge on any atom is -0.810 e. The third kappa shape index (κ3) is 22.3. The molecular weight excluding hydrogens is 443 g/mol. The molecule has 2 unspecified atom stereocenters. The van der Waals surface area contributed by atoms with Crippen molar-refractivity contribution in [2.75, 3.05) is 0 Å². The Morgan fingerprint density at radius 2 is 1.34 bits per heavy atom. The number of rotatable bonds is 13. The predicted molar refractivity (Wildman–Crippen MR) is 101 cm³/mol. The zero-order valence-corrected chi connectivity index (χ0v) is 27.1. The first-order valence-corrected chi connectivity index (χ1v) is 12.5. The van der Waals surface area contributed by atoms with Gasteiger partial charge in [0.05, 0.1) is 5.40 Å². The molecule has 11 heteroatoms. The SMILES string of the molecule is C/C(=C\CCCC(P(=O)([O-])[O-])P(=O)([O-])O)CC/C=C(\C)CCCC(C)C.[Na+].[Na+].[Na+]. The van der Waals surface area contributed by atoms with E-state index >= 15 is 0 Å². The topological polar surface area (TPSA) is 124 Å². The summed E-state index contributed by atoms with van der Waals surface area (Å²) in [6.45, 7) is 8.55. The fourth-order valence-electron chi connectivity index (χ4n) is 2.69. The standard InChI is InChI=1S/C18H36O6P2.3Na/c1-15(2)9-7-11-17(4)13-8-12-16(3)10-5-6-14-18(25(19,20)21)26(22,23)24;;;/h10,13,15,18H,5-9,11-12,14H2,1-4H3,(H2,19,20,21)(H2,22,23,24);;;/q;3*+1/p-3/b16-10+,17-13+;;;. The van der Waals surface area contributed by atoms with Gasteiger partial charge in [0.2, 0.25) is 0 Å². The largest absolute Gasteiger partial charge is 1.00 e. The van der Waals surface area contributed by atoms with E-state index in [1.807, 2.05) is 13.0 Å². The van der Waals surface area contributed by atoms with Crippen LogP contribution in [0.1, 0.15) is 79.1 Å². The molecule has 0 saturated heterocycles. The van der Waals surface area contributed by atoms with Crippen LogP contribution in [0.25, 0.3) is 0 Å². The zero-order chi connectivity index (χ0) is 20.4. The Kier molecular flexibility index (Phi) is 27.1. The third-order valence-electron chi connectivity index (χ3n) is 4.28. The maximum Gasteiger partial charge on any atom is 1.00 e. The normalized spacial score (nSPS) is 15.6. The van der Waals surface area contributed by atoms with Crippen molar-refractivity contribution in [3.63, 3.8) is 0 Å². The molecule has 0 radical (unpaired) electrons. The molecule has 0 aromatic rings. The average Bonchev–Trinajstić information content (AvgIpc) is 2.43. The van der Waals surface area contributed by atoms with Crippen molar-refractivity contribution in [2.45, 2.75) is 84.5 Å². The molecule has 29 heavy (non-hydrogen) atoms. The summed E-state index contributed by atoms with van der Waals surface area (Å²) in [5.41, 5.74) is 2.52. The van der Waals surface area contributed by atoms with Gasteiger partial charge in [-0.25, -0.2) is 0 Å². The number of hydrogen-bond donors (Lipinski definition) is 1. The molecule has 0 aliphatic carbocycles. The van der Waals surface area contributed by atoms with Gasteiger partial charge in [0.15, 0.2) is 0 Å². The minimum atomic E-state index is -5.36. The Hall–Kier alpha value is 2.78. The summed E-state index contributed by atoms with van der Waals surface area (Å²) in [6.07, 6.45) is 9.83. The van der Waals surface area contributed by atoms with Gasteiger partial charge in [0.25, 0.3) is 0 Å². The molecule has 0 amide bonds. The quantitative estimate of drug-likeness (QED) is 0.122. The van der Waals surface area contributed by atoms with Crippen LogP contribution < -0.4 is 103 Å². The number of unbranched alkanes of at least 4 members (excludes halogenated alkanes) is 1. The maximum absolute atomic E-state index is 11.0. The molecular formula is C18H33Na3O6P2. The fraction of sp³-hybridized carbons (Fsp3) is 0.778. The third-order valence-corrected chi connectivity index (χ3v) is 8.01. The Bertz CT molecular complexity index is 548. The summed E-state index contributed by atoms with van der Waals surface area (Å²) in [4.78, 5) is 41.8. The monoisotopic (exact) mass is 476 g/mol. The molecule has 0 spiro atoms. The molecule has 0 bridgehead atoms. The summed E-state index contributed by atoms with van der Waals surface area (Å²) < 4.78 is 22.0. The first-order chi connectivity index (χ1) is 11.8. The average molecular weight is 476 g/mol. The molecule has 0 aromatic heterocycles. The second-order valence-corrected chi connectivity index (χ2v) is 11.3. The van der Waals surface area contributed by atoms with Gasteiger partial charge in [-0.05, 0) is 64.7 Å². The van der Waals surface area contributed by atoms with Gasteiger partial charge in [-0.3, -0.25) is 0 Å². The Morgan fingerprint density at radius 1 is 0.862 bits per heavy atom. The first-order valence-electron chi connectivity index (χ1n) is 9.20. The molecule has 6 nitrogen and oxygen atoms in total. The van der Waals surface area contributed by atoms with Gasteiger partial charge in [-0.2, -0.15) is 0 Å². The van der Waals surface area contributed by atoms with Gasteiger partial charge in [0, 0.05) is 0 Å². The van der Waals surface area contributed by atoms with Gasteiger partial charge in [0.1, 0.15) is 7.60 Å². The smallest absolute Gasteiger partial charge is 0.810 e. The molecule has 0 aliphatic heterocycles. The van der Waals surface area contributed by atoms with E-state index in [9.17, 15) is 23.8 Å². The van der Waals surface area contributed by atoms with E-state index in [4.69, 9.17) is 4.89 Å². The van der Waals surface area contributed by atoms with E-state index in [1.165, 1.54) is 18.4 Å². The Labute approximate surface area is 243 Å². The van der Waals surface area contributed by atoms with Crippen molar-refractivity contribution < 1.29 is 117 Å². The van der Waals surface area contributed by atoms with Crippen LogP contribution in [0.2, 0.25) is 0 Å². The zero-order valence-electron chi connectivity index (χ0n) is 19.3. The van der Waals surface area contributed by atoms with Gasteiger partial charge in [-0.1, -0.05) is 51.2 Å². The van der Waals surface area contributed by atoms with Crippen molar-refractivity contribution in [3.8, 4) is 0 Å². The molecule has 0 aromatic carbocycles. The van der Waals surface area contributed by atoms with Crippen molar-refractivity contribution in [1.82, 2.24) is 0 Å². The fourth-order valence-corrected chi connectivity index (χ4v) is 5.13. The van der Waals surface area contributed by atoms with Crippen LogP contribution in [0, 0.1) is 5.92 Å².